The number of allylic oxidation sites excluding steroid dienone is 2. The summed E-state index contributed by atoms with van der Waals surface area (Å²) in [6.07, 6.45) is 3.26. The SMILES string of the molecule is CC(C)(C)C(=O)/C=C(\O)C(C)(C)C.CC1(C)c2c(ccnc2-c2[c-]cccc2)-c2ccc3ccccc3c21.[Ir]. The topological polar surface area (TPSA) is 50.2 Å². The van der Waals surface area contributed by atoms with Gasteiger partial charge in [-0.2, -0.15) is 0 Å². The molecule has 0 fully saturated rings. The van der Waals surface area contributed by atoms with Crippen LogP contribution in [0.1, 0.15) is 66.5 Å². The van der Waals surface area contributed by atoms with Gasteiger partial charge in [0.25, 0.3) is 0 Å². The largest absolute Gasteiger partial charge is 0.512 e. The quantitative estimate of drug-likeness (QED) is 0.129. The van der Waals surface area contributed by atoms with Gasteiger partial charge in [0.2, 0.25) is 0 Å². The molecule has 5 rings (SSSR count). The monoisotopic (exact) mass is 697 g/mol. The number of aliphatic hydroxyl groups is 1. The van der Waals surface area contributed by atoms with Gasteiger partial charge in [0.05, 0.1) is 0 Å². The van der Waals surface area contributed by atoms with E-state index in [9.17, 15) is 9.90 Å². The Balaban J connectivity index is 0.000000260. The van der Waals surface area contributed by atoms with E-state index >= 15 is 0 Å². The van der Waals surface area contributed by atoms with Crippen LogP contribution in [0.4, 0.5) is 0 Å². The standard InChI is InChI=1S/C24H18N.C11H20O2.Ir/c1-24(2)21-18-11-7-6-8-16(18)12-13-19(21)20-14-15-25-23(22(20)24)17-9-4-3-5-10-17;1-10(2,3)8(12)7-9(13)11(4,5)6;/h3-9,11-15H,1-2H3;7,12H,1-6H3;/q-1;;/b;8-7-;. The van der Waals surface area contributed by atoms with Crippen molar-refractivity contribution in [3.05, 3.63) is 102 Å². The van der Waals surface area contributed by atoms with Gasteiger partial charge in [-0.25, -0.2) is 0 Å². The molecule has 0 bridgehead atoms. The Morgan fingerprint density at radius 1 is 0.846 bits per heavy atom. The van der Waals surface area contributed by atoms with E-state index in [0.717, 1.165) is 11.3 Å². The van der Waals surface area contributed by atoms with Crippen LogP contribution in [0.25, 0.3) is 33.2 Å². The van der Waals surface area contributed by atoms with Gasteiger partial charge in [-0.15, -0.1) is 35.9 Å². The molecule has 0 spiro atoms. The smallest absolute Gasteiger partial charge is 0.164 e. The second kappa shape index (κ2) is 11.2. The number of fused-ring (bicyclic) bond motifs is 5. The number of nitrogens with zero attached hydrogens (tertiary/aromatic N) is 1. The minimum Gasteiger partial charge on any atom is -0.512 e. The summed E-state index contributed by atoms with van der Waals surface area (Å²) in [5, 5.41) is 12.2. The molecular formula is C35H38IrNO2-. The molecular weight excluding hydrogens is 659 g/mol. The van der Waals surface area contributed by atoms with Gasteiger partial charge in [0.1, 0.15) is 5.76 Å². The van der Waals surface area contributed by atoms with Crippen molar-refractivity contribution in [3.63, 3.8) is 0 Å². The van der Waals surface area contributed by atoms with Crippen molar-refractivity contribution in [3.8, 4) is 22.4 Å². The zero-order valence-electron chi connectivity index (χ0n) is 24.1. The fourth-order valence-electron chi connectivity index (χ4n) is 4.92. The zero-order chi connectivity index (χ0) is 27.9. The van der Waals surface area contributed by atoms with Crippen molar-refractivity contribution in [2.75, 3.05) is 0 Å². The van der Waals surface area contributed by atoms with Crippen molar-refractivity contribution in [2.24, 2.45) is 10.8 Å². The molecule has 1 aromatic heterocycles. The van der Waals surface area contributed by atoms with Crippen molar-refractivity contribution < 1.29 is 30.0 Å². The number of rotatable bonds is 2. The first-order valence-corrected chi connectivity index (χ1v) is 13.2. The molecule has 0 atom stereocenters. The van der Waals surface area contributed by atoms with E-state index in [1.165, 1.54) is 39.1 Å². The van der Waals surface area contributed by atoms with Gasteiger partial charge in [-0.1, -0.05) is 91.8 Å². The second-order valence-electron chi connectivity index (χ2n) is 12.6. The van der Waals surface area contributed by atoms with Crippen molar-refractivity contribution in [2.45, 2.75) is 60.8 Å². The number of aromatic nitrogens is 1. The summed E-state index contributed by atoms with van der Waals surface area (Å²) in [4.78, 5) is 16.2. The number of pyridine rings is 1. The van der Waals surface area contributed by atoms with Crippen molar-refractivity contribution in [1.82, 2.24) is 4.98 Å². The van der Waals surface area contributed by atoms with Gasteiger partial charge in [-0.3, -0.25) is 4.79 Å². The van der Waals surface area contributed by atoms with Gasteiger partial charge >= 0.3 is 0 Å². The van der Waals surface area contributed by atoms with Crippen LogP contribution in [0.5, 0.6) is 0 Å². The van der Waals surface area contributed by atoms with Crippen LogP contribution in [0.2, 0.25) is 0 Å². The molecule has 3 nitrogen and oxygen atoms in total. The normalized spacial score (nSPS) is 14.0. The molecule has 1 N–H and O–H groups in total. The van der Waals surface area contributed by atoms with E-state index < -0.39 is 5.41 Å². The van der Waals surface area contributed by atoms with E-state index in [4.69, 9.17) is 4.98 Å². The maximum absolute atomic E-state index is 11.5. The number of benzene rings is 3. The molecule has 0 aliphatic heterocycles. The van der Waals surface area contributed by atoms with E-state index in [1.54, 1.807) is 0 Å². The molecule has 205 valence electrons. The predicted octanol–water partition coefficient (Wildman–Crippen LogP) is 9.10. The third-order valence-electron chi connectivity index (χ3n) is 7.16. The Morgan fingerprint density at radius 3 is 2.10 bits per heavy atom. The first kappa shape index (κ1) is 30.5. The molecule has 39 heavy (non-hydrogen) atoms. The maximum Gasteiger partial charge on any atom is 0.164 e. The molecule has 0 unspecified atom stereocenters. The number of aliphatic hydroxyl groups excluding tert-OH is 1. The number of carbonyl (C=O) groups excluding carboxylic acids is 1. The molecule has 4 aromatic rings. The Morgan fingerprint density at radius 2 is 1.49 bits per heavy atom. The molecule has 0 saturated carbocycles. The fraction of sp³-hybridized carbons (Fsp3) is 0.314. The van der Waals surface area contributed by atoms with Gasteiger partial charge in [0, 0.05) is 48.6 Å². The third kappa shape index (κ3) is 6.08. The Hall–Kier alpha value is -3.07. The van der Waals surface area contributed by atoms with Crippen LogP contribution in [-0.4, -0.2) is 15.9 Å². The number of ketones is 1. The fourth-order valence-corrected chi connectivity index (χ4v) is 4.92. The van der Waals surface area contributed by atoms with Crippen molar-refractivity contribution >= 4 is 16.6 Å². The van der Waals surface area contributed by atoms with Crippen LogP contribution >= 0.6 is 0 Å². The van der Waals surface area contributed by atoms with Crippen molar-refractivity contribution in [1.29, 1.82) is 0 Å². The van der Waals surface area contributed by atoms with Crippen LogP contribution < -0.4 is 0 Å². The summed E-state index contributed by atoms with van der Waals surface area (Å²) >= 11 is 0. The zero-order valence-corrected chi connectivity index (χ0v) is 26.5. The first-order chi connectivity index (χ1) is 17.7. The third-order valence-corrected chi connectivity index (χ3v) is 7.16. The average Bonchev–Trinajstić information content (AvgIpc) is 3.11. The minimum atomic E-state index is -0.417. The molecule has 1 aliphatic carbocycles. The molecule has 4 heteroatoms. The number of hydrogen-bond acceptors (Lipinski definition) is 3. The van der Waals surface area contributed by atoms with E-state index in [2.05, 4.69) is 74.5 Å². The number of hydrogen-bond donors (Lipinski definition) is 1. The summed E-state index contributed by atoms with van der Waals surface area (Å²) in [5.41, 5.74) is 6.59. The Bertz CT molecular complexity index is 1520. The predicted molar refractivity (Wildman–Crippen MR) is 158 cm³/mol. The maximum atomic E-state index is 11.5. The molecule has 0 amide bonds. The van der Waals surface area contributed by atoms with Gasteiger partial charge in [0.15, 0.2) is 5.78 Å². The molecule has 1 aliphatic rings. The molecule has 3 aromatic carbocycles. The molecule has 1 radical (unpaired) electrons. The Kier molecular flexibility index (Phi) is 8.75. The van der Waals surface area contributed by atoms with Crippen LogP contribution in [0.15, 0.2) is 84.8 Å². The Labute approximate surface area is 246 Å². The van der Waals surface area contributed by atoms with E-state index in [0.29, 0.717) is 0 Å². The van der Waals surface area contributed by atoms with E-state index in [1.807, 2.05) is 59.9 Å². The molecule has 1 heterocycles. The summed E-state index contributed by atoms with van der Waals surface area (Å²) in [6.45, 7) is 15.8. The van der Waals surface area contributed by atoms with Crippen LogP contribution in [0.3, 0.4) is 0 Å². The van der Waals surface area contributed by atoms with Gasteiger partial charge in [-0.05, 0) is 44.8 Å². The average molecular weight is 697 g/mol. The summed E-state index contributed by atoms with van der Waals surface area (Å²) in [7, 11) is 0. The number of carbonyl (C=O) groups is 1. The summed E-state index contributed by atoms with van der Waals surface area (Å²) in [6, 6.07) is 26.8. The molecule has 0 saturated heterocycles. The summed E-state index contributed by atoms with van der Waals surface area (Å²) in [5.74, 6) is 0.104. The minimum absolute atomic E-state index is 0. The first-order valence-electron chi connectivity index (χ1n) is 13.2. The van der Waals surface area contributed by atoms with Gasteiger partial charge < -0.3 is 10.1 Å². The van der Waals surface area contributed by atoms with E-state index in [-0.39, 0.29) is 42.5 Å². The second-order valence-corrected chi connectivity index (χ2v) is 12.6. The van der Waals surface area contributed by atoms with Crippen LogP contribution in [0, 0.1) is 16.9 Å². The van der Waals surface area contributed by atoms with Crippen LogP contribution in [-0.2, 0) is 30.3 Å². The summed E-state index contributed by atoms with van der Waals surface area (Å²) < 4.78 is 0.